The van der Waals surface area contributed by atoms with Crippen LogP contribution in [0.4, 0.5) is 5.69 Å². The van der Waals surface area contributed by atoms with Crippen LogP contribution in [0, 0.1) is 5.92 Å². The molecule has 1 aliphatic heterocycles. The molecule has 2 aromatic carbocycles. The van der Waals surface area contributed by atoms with E-state index in [1.54, 1.807) is 18.2 Å². The molecule has 0 saturated carbocycles. The zero-order valence-electron chi connectivity index (χ0n) is 16.5. The molecule has 1 N–H and O–H groups in total. The van der Waals surface area contributed by atoms with E-state index in [0.29, 0.717) is 11.4 Å². The van der Waals surface area contributed by atoms with E-state index in [2.05, 4.69) is 5.32 Å². The minimum Gasteiger partial charge on any atom is -0.495 e. The van der Waals surface area contributed by atoms with E-state index in [4.69, 9.17) is 9.47 Å². The summed E-state index contributed by atoms with van der Waals surface area (Å²) in [4.78, 5) is 38.4. The second-order valence-electron chi connectivity index (χ2n) is 6.88. The van der Waals surface area contributed by atoms with Crippen LogP contribution in [-0.2, 0) is 19.1 Å². The summed E-state index contributed by atoms with van der Waals surface area (Å²) in [6.45, 7) is 1.67. The standard InChI is InChI=1S/C22H24N2O5/c1-15(16-8-4-3-5-9-16)23-20(25)14-29-22(27)17-12-21(26)24(13-17)18-10-6-7-11-19(18)28-2/h3-11,15,17H,12-14H2,1-2H3,(H,23,25)/t15-,17+/m0/s1. The molecule has 1 saturated heterocycles. The van der Waals surface area contributed by atoms with Crippen LogP contribution >= 0.6 is 0 Å². The smallest absolute Gasteiger partial charge is 0.311 e. The molecule has 0 aliphatic carbocycles. The minimum absolute atomic E-state index is 0.0406. The predicted molar refractivity (Wildman–Crippen MR) is 107 cm³/mol. The van der Waals surface area contributed by atoms with Crippen molar-refractivity contribution in [2.24, 2.45) is 5.92 Å². The number of esters is 1. The number of nitrogens with one attached hydrogen (secondary N) is 1. The fourth-order valence-electron chi connectivity index (χ4n) is 3.31. The van der Waals surface area contributed by atoms with Gasteiger partial charge in [-0.2, -0.15) is 0 Å². The number of carbonyl (C=O) groups is 3. The van der Waals surface area contributed by atoms with Gasteiger partial charge in [-0.25, -0.2) is 0 Å². The average molecular weight is 396 g/mol. The molecule has 1 aliphatic rings. The number of hydrogen-bond donors (Lipinski definition) is 1. The zero-order chi connectivity index (χ0) is 20.8. The summed E-state index contributed by atoms with van der Waals surface area (Å²) >= 11 is 0. The summed E-state index contributed by atoms with van der Waals surface area (Å²) in [5.74, 6) is -1.19. The topological polar surface area (TPSA) is 84.9 Å². The van der Waals surface area contributed by atoms with Crippen LogP contribution < -0.4 is 15.0 Å². The largest absolute Gasteiger partial charge is 0.495 e. The number of methoxy groups -OCH3 is 1. The van der Waals surface area contributed by atoms with E-state index in [0.717, 1.165) is 5.56 Å². The fourth-order valence-corrected chi connectivity index (χ4v) is 3.31. The molecule has 2 atom stereocenters. The summed E-state index contributed by atoms with van der Waals surface area (Å²) in [6, 6.07) is 16.4. The summed E-state index contributed by atoms with van der Waals surface area (Å²) in [6.07, 6.45) is 0.0406. The lowest BCUT2D eigenvalue weighted by molar-refractivity contribution is -0.152. The van der Waals surface area contributed by atoms with Gasteiger partial charge in [0.2, 0.25) is 5.91 Å². The van der Waals surface area contributed by atoms with Crippen molar-refractivity contribution in [1.29, 1.82) is 0 Å². The Bertz CT molecular complexity index is 884. The van der Waals surface area contributed by atoms with Gasteiger partial charge in [0.05, 0.1) is 24.8 Å². The molecular formula is C22H24N2O5. The van der Waals surface area contributed by atoms with Crippen molar-refractivity contribution in [1.82, 2.24) is 5.32 Å². The molecule has 2 amide bonds. The number of rotatable bonds is 7. The van der Waals surface area contributed by atoms with Crippen LogP contribution in [0.1, 0.15) is 24.9 Å². The first-order chi connectivity index (χ1) is 14.0. The number of para-hydroxylation sites is 2. The first kappa shape index (κ1) is 20.4. The van der Waals surface area contributed by atoms with E-state index in [-0.39, 0.29) is 37.4 Å². The van der Waals surface area contributed by atoms with Gasteiger partial charge in [0.15, 0.2) is 6.61 Å². The van der Waals surface area contributed by atoms with Crippen LogP contribution in [-0.4, -0.2) is 38.0 Å². The quantitative estimate of drug-likeness (QED) is 0.727. The normalized spacial score (nSPS) is 17.0. The van der Waals surface area contributed by atoms with Gasteiger partial charge >= 0.3 is 5.97 Å². The molecule has 0 radical (unpaired) electrons. The zero-order valence-corrected chi connectivity index (χ0v) is 16.5. The fraction of sp³-hybridized carbons (Fsp3) is 0.318. The van der Waals surface area contributed by atoms with Crippen molar-refractivity contribution < 1.29 is 23.9 Å². The highest BCUT2D eigenvalue weighted by molar-refractivity contribution is 6.00. The Morgan fingerprint density at radius 3 is 2.55 bits per heavy atom. The molecule has 1 heterocycles. The number of benzene rings is 2. The molecule has 1 fully saturated rings. The number of ether oxygens (including phenoxy) is 2. The van der Waals surface area contributed by atoms with E-state index in [1.807, 2.05) is 43.3 Å². The van der Waals surface area contributed by atoms with Crippen molar-refractivity contribution in [3.63, 3.8) is 0 Å². The first-order valence-electron chi connectivity index (χ1n) is 9.44. The predicted octanol–water partition coefficient (Wildman–Crippen LogP) is 2.47. The molecule has 152 valence electrons. The molecule has 0 spiro atoms. The summed E-state index contributed by atoms with van der Waals surface area (Å²) in [5, 5.41) is 2.79. The third-order valence-electron chi connectivity index (χ3n) is 4.86. The maximum atomic E-state index is 12.4. The van der Waals surface area contributed by atoms with E-state index < -0.39 is 11.9 Å². The molecule has 7 heteroatoms. The Labute approximate surface area is 169 Å². The Balaban J connectivity index is 1.52. The maximum Gasteiger partial charge on any atom is 0.311 e. The maximum absolute atomic E-state index is 12.4. The number of nitrogens with zero attached hydrogens (tertiary/aromatic N) is 1. The Hall–Kier alpha value is -3.35. The number of carbonyl (C=O) groups excluding carboxylic acids is 3. The third kappa shape index (κ3) is 4.93. The lowest BCUT2D eigenvalue weighted by atomic mass is 10.1. The molecule has 3 rings (SSSR count). The highest BCUT2D eigenvalue weighted by Crippen LogP contribution is 2.33. The van der Waals surface area contributed by atoms with Gasteiger partial charge in [-0.3, -0.25) is 14.4 Å². The molecule has 2 aromatic rings. The first-order valence-corrected chi connectivity index (χ1v) is 9.44. The van der Waals surface area contributed by atoms with Gasteiger partial charge in [0.1, 0.15) is 5.75 Å². The van der Waals surface area contributed by atoms with Gasteiger partial charge in [-0.15, -0.1) is 0 Å². The average Bonchev–Trinajstić information content (AvgIpc) is 3.14. The summed E-state index contributed by atoms with van der Waals surface area (Å²) < 4.78 is 10.4. The van der Waals surface area contributed by atoms with Crippen molar-refractivity contribution in [2.75, 3.05) is 25.2 Å². The van der Waals surface area contributed by atoms with Crippen LogP contribution in [0.25, 0.3) is 0 Å². The number of hydrogen-bond acceptors (Lipinski definition) is 5. The van der Waals surface area contributed by atoms with Gasteiger partial charge in [0, 0.05) is 13.0 Å². The van der Waals surface area contributed by atoms with Gasteiger partial charge in [-0.1, -0.05) is 42.5 Å². The van der Waals surface area contributed by atoms with E-state index >= 15 is 0 Å². The van der Waals surface area contributed by atoms with Crippen molar-refractivity contribution in [2.45, 2.75) is 19.4 Å². The van der Waals surface area contributed by atoms with Crippen LogP contribution in [0.3, 0.4) is 0 Å². The Morgan fingerprint density at radius 1 is 1.14 bits per heavy atom. The van der Waals surface area contributed by atoms with Crippen LogP contribution in [0.2, 0.25) is 0 Å². The molecular weight excluding hydrogens is 372 g/mol. The monoisotopic (exact) mass is 396 g/mol. The number of amides is 2. The minimum atomic E-state index is -0.619. The van der Waals surface area contributed by atoms with Crippen molar-refractivity contribution >= 4 is 23.5 Å². The highest BCUT2D eigenvalue weighted by atomic mass is 16.5. The second kappa shape index (κ2) is 9.23. The second-order valence-corrected chi connectivity index (χ2v) is 6.88. The van der Waals surface area contributed by atoms with Gasteiger partial charge in [-0.05, 0) is 24.6 Å². The lowest BCUT2D eigenvalue weighted by Crippen LogP contribution is -2.32. The summed E-state index contributed by atoms with van der Waals surface area (Å²) in [7, 11) is 1.53. The third-order valence-corrected chi connectivity index (χ3v) is 4.86. The van der Waals surface area contributed by atoms with Crippen LogP contribution in [0.15, 0.2) is 54.6 Å². The van der Waals surface area contributed by atoms with Crippen molar-refractivity contribution in [3.8, 4) is 5.75 Å². The van der Waals surface area contributed by atoms with Crippen LogP contribution in [0.5, 0.6) is 5.75 Å². The number of anilines is 1. The molecule has 7 nitrogen and oxygen atoms in total. The summed E-state index contributed by atoms with van der Waals surface area (Å²) in [5.41, 5.74) is 1.57. The Kier molecular flexibility index (Phi) is 6.49. The SMILES string of the molecule is COc1ccccc1N1C[C@H](C(=O)OCC(=O)N[C@@H](C)c2ccccc2)CC1=O. The van der Waals surface area contributed by atoms with E-state index in [1.165, 1.54) is 12.0 Å². The van der Waals surface area contributed by atoms with Gasteiger partial charge in [0.25, 0.3) is 5.91 Å². The lowest BCUT2D eigenvalue weighted by Gasteiger charge is -2.19. The van der Waals surface area contributed by atoms with Crippen molar-refractivity contribution in [3.05, 3.63) is 60.2 Å². The highest BCUT2D eigenvalue weighted by Gasteiger charge is 2.37. The molecule has 29 heavy (non-hydrogen) atoms. The molecule has 0 unspecified atom stereocenters. The molecule has 0 aromatic heterocycles. The Morgan fingerprint density at radius 2 is 1.83 bits per heavy atom. The molecule has 0 bridgehead atoms. The van der Waals surface area contributed by atoms with E-state index in [9.17, 15) is 14.4 Å². The van der Waals surface area contributed by atoms with Gasteiger partial charge < -0.3 is 19.7 Å².